The summed E-state index contributed by atoms with van der Waals surface area (Å²) < 4.78 is 3.49. The van der Waals surface area contributed by atoms with Gasteiger partial charge in [-0.1, -0.05) is 0 Å². The molecule has 0 atom stereocenters. The molecule has 0 unspecified atom stereocenters. The molecule has 0 radical (unpaired) electrons. The first-order chi connectivity index (χ1) is 4.26. The van der Waals surface area contributed by atoms with Crippen molar-refractivity contribution in [3.05, 3.63) is 19.9 Å². The van der Waals surface area contributed by atoms with E-state index in [0.29, 0.717) is 0 Å². The molecule has 0 amide bonds. The maximum absolute atomic E-state index is 3.86. The van der Waals surface area contributed by atoms with Crippen LogP contribution in [0.4, 0.5) is 0 Å². The molecule has 9 heavy (non-hydrogen) atoms. The SMILES string of the molecule is C=C(NC)/C(=C/I)[I-]C. The van der Waals surface area contributed by atoms with Gasteiger partial charge in [-0.2, -0.15) is 0 Å². The van der Waals surface area contributed by atoms with Crippen LogP contribution in [0, 0.1) is 0 Å². The Morgan fingerprint density at radius 2 is 2.33 bits per heavy atom. The Balaban J connectivity index is 3.97. The van der Waals surface area contributed by atoms with Crippen molar-refractivity contribution >= 4 is 22.6 Å². The van der Waals surface area contributed by atoms with Gasteiger partial charge in [-0.25, -0.2) is 0 Å². The van der Waals surface area contributed by atoms with Crippen molar-refractivity contribution in [2.24, 2.45) is 0 Å². The van der Waals surface area contributed by atoms with Crippen LogP contribution >= 0.6 is 22.6 Å². The number of nitrogens with one attached hydrogen (secondary N) is 1. The Labute approximate surface area is 80.4 Å². The number of allylic oxidation sites excluding steroid dienone is 1. The number of hydrogen-bond donors (Lipinski definition) is 1. The van der Waals surface area contributed by atoms with E-state index in [2.05, 4.69) is 43.5 Å². The summed E-state index contributed by atoms with van der Waals surface area (Å²) in [5.74, 6) is 0. The van der Waals surface area contributed by atoms with Crippen LogP contribution < -0.4 is 26.5 Å². The zero-order valence-corrected chi connectivity index (χ0v) is 9.86. The molecular weight excluding hydrogens is 340 g/mol. The van der Waals surface area contributed by atoms with Crippen LogP contribution in [-0.2, 0) is 0 Å². The fourth-order valence-electron chi connectivity index (χ4n) is 0.341. The van der Waals surface area contributed by atoms with E-state index in [9.17, 15) is 0 Å². The Hall–Kier alpha value is 0.740. The topological polar surface area (TPSA) is 12.0 Å². The molecule has 54 valence electrons. The van der Waals surface area contributed by atoms with Gasteiger partial charge in [-0.05, 0) is 0 Å². The average molecular weight is 350 g/mol. The van der Waals surface area contributed by atoms with Gasteiger partial charge in [0, 0.05) is 0 Å². The fraction of sp³-hybridized carbons (Fsp3) is 0.333. The summed E-state index contributed by atoms with van der Waals surface area (Å²) in [5.41, 5.74) is 1.07. The summed E-state index contributed by atoms with van der Waals surface area (Å²) >= 11 is 2.44. The fourth-order valence-corrected chi connectivity index (χ4v) is 3.45. The van der Waals surface area contributed by atoms with E-state index in [1.54, 1.807) is 0 Å². The summed E-state index contributed by atoms with van der Waals surface area (Å²) in [7, 11) is 1.90. The summed E-state index contributed by atoms with van der Waals surface area (Å²) in [6, 6.07) is 0. The summed E-state index contributed by atoms with van der Waals surface area (Å²) in [6.07, 6.45) is 0. The van der Waals surface area contributed by atoms with E-state index in [4.69, 9.17) is 0 Å². The van der Waals surface area contributed by atoms with Crippen molar-refractivity contribution in [3.63, 3.8) is 0 Å². The van der Waals surface area contributed by atoms with Gasteiger partial charge in [-0.15, -0.1) is 0 Å². The molecule has 0 aliphatic heterocycles. The van der Waals surface area contributed by atoms with E-state index >= 15 is 0 Å². The van der Waals surface area contributed by atoms with Gasteiger partial charge in [0.1, 0.15) is 0 Å². The van der Waals surface area contributed by atoms with Crippen molar-refractivity contribution in [3.8, 4) is 0 Å². The van der Waals surface area contributed by atoms with E-state index in [0.717, 1.165) is 5.70 Å². The standard InChI is InChI=1S/C6H10I2N/c1-5(9-3)6(4-7)8-2/h4,9H,1H2,2-3H3/q-1/b6-4-. The van der Waals surface area contributed by atoms with Crippen molar-refractivity contribution in [1.82, 2.24) is 5.32 Å². The Morgan fingerprint density at radius 3 is 2.44 bits per heavy atom. The quantitative estimate of drug-likeness (QED) is 0.380. The maximum atomic E-state index is 3.86. The molecule has 0 bridgehead atoms. The third-order valence-corrected chi connectivity index (χ3v) is 4.83. The van der Waals surface area contributed by atoms with Crippen molar-refractivity contribution in [2.75, 3.05) is 12.0 Å². The van der Waals surface area contributed by atoms with E-state index in [1.165, 1.54) is 3.58 Å². The monoisotopic (exact) mass is 350 g/mol. The van der Waals surface area contributed by atoms with Crippen molar-refractivity contribution in [2.45, 2.75) is 0 Å². The number of halogens is 2. The molecule has 0 saturated carbocycles. The number of hydrogen-bond acceptors (Lipinski definition) is 1. The summed E-state index contributed by atoms with van der Waals surface area (Å²) in [5, 5.41) is 3.03. The molecule has 0 fully saturated rings. The predicted octanol–water partition coefficient (Wildman–Crippen LogP) is -1.29. The molecule has 0 aromatic heterocycles. The average Bonchev–Trinajstić information content (AvgIpc) is 1.90. The second kappa shape index (κ2) is 5.52. The van der Waals surface area contributed by atoms with Crippen LogP contribution in [0.5, 0.6) is 0 Å². The van der Waals surface area contributed by atoms with Crippen LogP contribution in [-0.4, -0.2) is 12.0 Å². The molecule has 1 N–H and O–H groups in total. The Morgan fingerprint density at radius 1 is 1.78 bits per heavy atom. The molecule has 0 aliphatic carbocycles. The molecule has 0 aromatic rings. The second-order valence-corrected chi connectivity index (χ2v) is 4.24. The molecule has 0 rings (SSSR count). The number of alkyl halides is 1. The van der Waals surface area contributed by atoms with Gasteiger partial charge in [0.05, 0.1) is 0 Å². The molecule has 1 nitrogen and oxygen atoms in total. The van der Waals surface area contributed by atoms with Gasteiger partial charge in [0.15, 0.2) is 0 Å². The third-order valence-electron chi connectivity index (χ3n) is 0.889. The van der Waals surface area contributed by atoms with Gasteiger partial charge in [0.2, 0.25) is 0 Å². The van der Waals surface area contributed by atoms with E-state index in [-0.39, 0.29) is 21.2 Å². The van der Waals surface area contributed by atoms with Crippen LogP contribution in [0.1, 0.15) is 0 Å². The minimum atomic E-state index is 0.186. The first kappa shape index (κ1) is 9.74. The van der Waals surface area contributed by atoms with Gasteiger partial charge in [-0.3, -0.25) is 0 Å². The van der Waals surface area contributed by atoms with Crippen LogP contribution in [0.3, 0.4) is 0 Å². The third kappa shape index (κ3) is 3.44. The van der Waals surface area contributed by atoms with Crippen LogP contribution in [0.15, 0.2) is 19.9 Å². The molecule has 0 aromatic carbocycles. The predicted molar refractivity (Wildman–Crippen MR) is 46.2 cm³/mol. The van der Waals surface area contributed by atoms with Crippen molar-refractivity contribution in [1.29, 1.82) is 0 Å². The Kier molecular flexibility index (Phi) is 5.97. The molecule has 0 saturated heterocycles. The number of rotatable bonds is 3. The second-order valence-electron chi connectivity index (χ2n) is 1.37. The van der Waals surface area contributed by atoms with E-state index in [1.807, 2.05) is 7.05 Å². The minimum absolute atomic E-state index is 0.186. The van der Waals surface area contributed by atoms with Gasteiger partial charge >= 0.3 is 81.0 Å². The zero-order chi connectivity index (χ0) is 7.28. The van der Waals surface area contributed by atoms with Gasteiger partial charge < -0.3 is 0 Å². The molecule has 0 spiro atoms. The molecule has 0 heterocycles. The zero-order valence-electron chi connectivity index (χ0n) is 5.54. The normalized spacial score (nSPS) is 11.7. The van der Waals surface area contributed by atoms with Gasteiger partial charge in [0.25, 0.3) is 0 Å². The first-order valence-corrected chi connectivity index (χ1v) is 6.91. The molecule has 3 heteroatoms. The van der Waals surface area contributed by atoms with Crippen LogP contribution in [0.2, 0.25) is 0 Å². The molecule has 0 aliphatic rings. The van der Waals surface area contributed by atoms with E-state index < -0.39 is 0 Å². The Bertz CT molecular complexity index is 129. The first-order valence-electron chi connectivity index (χ1n) is 2.43. The van der Waals surface area contributed by atoms with Crippen LogP contribution in [0.25, 0.3) is 0 Å². The number of likely N-dealkylation sites (N-methyl/N-ethyl adjacent to an activating group) is 1. The summed E-state index contributed by atoms with van der Waals surface area (Å²) in [6.45, 7) is 3.86. The van der Waals surface area contributed by atoms with Crippen molar-refractivity contribution < 1.29 is 21.2 Å². The molecular formula is C6H10I2N-. The summed E-state index contributed by atoms with van der Waals surface area (Å²) in [4.78, 5) is 2.23.